The first-order chi connectivity index (χ1) is 10.0. The third-order valence-corrected chi connectivity index (χ3v) is 4.31. The minimum atomic E-state index is 0.241. The van der Waals surface area contributed by atoms with Crippen LogP contribution in [0.1, 0.15) is 48.0 Å². The van der Waals surface area contributed by atoms with Crippen molar-refractivity contribution in [3.05, 3.63) is 27.5 Å². The van der Waals surface area contributed by atoms with Gasteiger partial charge in [0.05, 0.1) is 6.54 Å². The van der Waals surface area contributed by atoms with Crippen molar-refractivity contribution in [2.24, 2.45) is 5.84 Å². The Hall–Kier alpha value is -1.73. The lowest BCUT2D eigenvalue weighted by Crippen LogP contribution is -2.15. The van der Waals surface area contributed by atoms with Crippen LogP contribution in [0, 0.1) is 6.92 Å². The number of anilines is 2. The Morgan fingerprint density at radius 3 is 2.57 bits per heavy atom. The zero-order chi connectivity index (χ0) is 15.4. The molecule has 2 rings (SSSR count). The molecule has 0 unspecified atom stereocenters. The number of thiazole rings is 1. The van der Waals surface area contributed by atoms with Gasteiger partial charge in [0, 0.05) is 22.6 Å². The third-order valence-electron chi connectivity index (χ3n) is 3.17. The average Bonchev–Trinajstić information content (AvgIpc) is 2.94. The SMILES string of the molecule is CCc1cnc(CNc2nc(C(C)C)nc(NN)c2C)s1. The molecule has 2 aromatic heterocycles. The van der Waals surface area contributed by atoms with E-state index in [2.05, 4.69) is 46.5 Å². The normalized spacial score (nSPS) is 11.0. The molecule has 0 radical (unpaired) electrons. The van der Waals surface area contributed by atoms with Gasteiger partial charge in [0.15, 0.2) is 0 Å². The Kier molecular flexibility index (Phi) is 5.08. The Morgan fingerprint density at radius 1 is 1.29 bits per heavy atom. The molecule has 0 aliphatic rings. The smallest absolute Gasteiger partial charge is 0.148 e. The summed E-state index contributed by atoms with van der Waals surface area (Å²) in [6.45, 7) is 8.85. The van der Waals surface area contributed by atoms with Crippen LogP contribution in [0.15, 0.2) is 6.20 Å². The highest BCUT2D eigenvalue weighted by Crippen LogP contribution is 2.23. The van der Waals surface area contributed by atoms with Gasteiger partial charge in [0.2, 0.25) is 0 Å². The maximum atomic E-state index is 5.54. The maximum Gasteiger partial charge on any atom is 0.148 e. The van der Waals surface area contributed by atoms with Crippen molar-refractivity contribution in [3.63, 3.8) is 0 Å². The summed E-state index contributed by atoms with van der Waals surface area (Å²) in [5.74, 6) is 8.01. The van der Waals surface area contributed by atoms with Crippen LogP contribution in [0.2, 0.25) is 0 Å². The highest BCUT2D eigenvalue weighted by molar-refractivity contribution is 7.11. The second kappa shape index (κ2) is 6.82. The highest BCUT2D eigenvalue weighted by Gasteiger charge is 2.12. The number of hydrogen-bond donors (Lipinski definition) is 3. The molecular formula is C14H22N6S. The number of aryl methyl sites for hydroxylation is 1. The number of nitrogens with one attached hydrogen (secondary N) is 2. The Balaban J connectivity index is 2.20. The highest BCUT2D eigenvalue weighted by atomic mass is 32.1. The van der Waals surface area contributed by atoms with Crippen LogP contribution in [0.25, 0.3) is 0 Å². The summed E-state index contributed by atoms with van der Waals surface area (Å²) < 4.78 is 0. The molecule has 0 aliphatic heterocycles. The summed E-state index contributed by atoms with van der Waals surface area (Å²) in [6, 6.07) is 0. The van der Waals surface area contributed by atoms with Crippen LogP contribution in [0.5, 0.6) is 0 Å². The van der Waals surface area contributed by atoms with E-state index in [-0.39, 0.29) is 5.92 Å². The minimum absolute atomic E-state index is 0.241. The van der Waals surface area contributed by atoms with E-state index in [1.54, 1.807) is 11.3 Å². The number of aromatic nitrogens is 3. The molecule has 0 fully saturated rings. The lowest BCUT2D eigenvalue weighted by molar-refractivity contribution is 0.772. The molecule has 0 spiro atoms. The van der Waals surface area contributed by atoms with Gasteiger partial charge >= 0.3 is 0 Å². The van der Waals surface area contributed by atoms with Gasteiger partial charge in [-0.15, -0.1) is 11.3 Å². The van der Waals surface area contributed by atoms with E-state index in [1.165, 1.54) is 4.88 Å². The third kappa shape index (κ3) is 3.68. The molecule has 0 atom stereocenters. The number of nitrogen functional groups attached to an aromatic ring is 1. The summed E-state index contributed by atoms with van der Waals surface area (Å²) >= 11 is 1.72. The van der Waals surface area contributed by atoms with E-state index < -0.39 is 0 Å². The lowest BCUT2D eigenvalue weighted by Gasteiger charge is -2.14. The molecule has 0 aliphatic carbocycles. The first-order valence-corrected chi connectivity index (χ1v) is 7.89. The molecule has 0 aromatic carbocycles. The van der Waals surface area contributed by atoms with Gasteiger partial charge in [-0.05, 0) is 13.3 Å². The van der Waals surface area contributed by atoms with E-state index >= 15 is 0 Å². The zero-order valence-corrected chi connectivity index (χ0v) is 13.7. The largest absolute Gasteiger partial charge is 0.363 e. The number of hydrazine groups is 1. The first-order valence-electron chi connectivity index (χ1n) is 7.07. The predicted molar refractivity (Wildman–Crippen MR) is 87.5 cm³/mol. The van der Waals surface area contributed by atoms with Gasteiger partial charge < -0.3 is 10.7 Å². The van der Waals surface area contributed by atoms with Crippen molar-refractivity contribution in [1.82, 2.24) is 15.0 Å². The van der Waals surface area contributed by atoms with Gasteiger partial charge in [-0.25, -0.2) is 20.8 Å². The Morgan fingerprint density at radius 2 is 2.00 bits per heavy atom. The molecule has 6 nitrogen and oxygen atoms in total. The number of rotatable bonds is 6. The maximum absolute atomic E-state index is 5.54. The molecule has 114 valence electrons. The van der Waals surface area contributed by atoms with Gasteiger partial charge in [-0.1, -0.05) is 20.8 Å². The van der Waals surface area contributed by atoms with Crippen LogP contribution in [-0.2, 0) is 13.0 Å². The minimum Gasteiger partial charge on any atom is -0.363 e. The van der Waals surface area contributed by atoms with E-state index in [9.17, 15) is 0 Å². The average molecular weight is 306 g/mol. The molecule has 2 heterocycles. The molecule has 0 saturated carbocycles. The van der Waals surface area contributed by atoms with E-state index in [1.807, 2.05) is 13.1 Å². The van der Waals surface area contributed by atoms with Crippen LogP contribution < -0.4 is 16.6 Å². The molecule has 0 bridgehead atoms. The van der Waals surface area contributed by atoms with Crippen molar-refractivity contribution in [2.75, 3.05) is 10.7 Å². The van der Waals surface area contributed by atoms with Crippen LogP contribution in [0.4, 0.5) is 11.6 Å². The summed E-state index contributed by atoms with van der Waals surface area (Å²) in [6.07, 6.45) is 2.95. The number of nitrogens with zero attached hydrogens (tertiary/aromatic N) is 3. The van der Waals surface area contributed by atoms with Crippen molar-refractivity contribution >= 4 is 23.0 Å². The van der Waals surface area contributed by atoms with Crippen molar-refractivity contribution < 1.29 is 0 Å². The second-order valence-electron chi connectivity index (χ2n) is 5.13. The predicted octanol–water partition coefficient (Wildman–Crippen LogP) is 2.83. The first kappa shape index (κ1) is 15.7. The van der Waals surface area contributed by atoms with E-state index in [0.717, 1.165) is 28.6 Å². The van der Waals surface area contributed by atoms with Crippen molar-refractivity contribution in [3.8, 4) is 0 Å². The topological polar surface area (TPSA) is 88.8 Å². The summed E-state index contributed by atoms with van der Waals surface area (Å²) in [5.41, 5.74) is 3.55. The standard InChI is InChI=1S/C14H22N6S/c1-5-10-6-16-11(21-10)7-17-13-9(4)14(20-15)19-12(18-13)8(2)3/h6,8H,5,7,15H2,1-4H3,(H2,17,18,19,20). The van der Waals surface area contributed by atoms with Crippen LogP contribution in [-0.4, -0.2) is 15.0 Å². The fourth-order valence-electron chi connectivity index (χ4n) is 1.86. The fourth-order valence-corrected chi connectivity index (χ4v) is 2.66. The van der Waals surface area contributed by atoms with Gasteiger partial charge in [-0.3, -0.25) is 0 Å². The quantitative estimate of drug-likeness (QED) is 0.562. The molecular weight excluding hydrogens is 284 g/mol. The van der Waals surface area contributed by atoms with Crippen molar-refractivity contribution in [2.45, 2.75) is 46.6 Å². The van der Waals surface area contributed by atoms with E-state index in [0.29, 0.717) is 12.4 Å². The van der Waals surface area contributed by atoms with Crippen LogP contribution >= 0.6 is 11.3 Å². The molecule has 0 amide bonds. The van der Waals surface area contributed by atoms with Crippen LogP contribution in [0.3, 0.4) is 0 Å². The number of hydrogen-bond acceptors (Lipinski definition) is 7. The molecule has 7 heteroatoms. The summed E-state index contributed by atoms with van der Waals surface area (Å²) in [5, 5.41) is 4.39. The Labute approximate surface area is 129 Å². The van der Waals surface area contributed by atoms with Gasteiger partial charge in [-0.2, -0.15) is 0 Å². The molecule has 0 saturated heterocycles. The molecule has 4 N–H and O–H groups in total. The second-order valence-corrected chi connectivity index (χ2v) is 6.33. The zero-order valence-electron chi connectivity index (χ0n) is 12.9. The number of nitrogens with two attached hydrogens (primary N) is 1. The monoisotopic (exact) mass is 306 g/mol. The molecule has 2 aromatic rings. The van der Waals surface area contributed by atoms with E-state index in [4.69, 9.17) is 5.84 Å². The summed E-state index contributed by atoms with van der Waals surface area (Å²) in [7, 11) is 0. The van der Waals surface area contributed by atoms with Gasteiger partial charge in [0.1, 0.15) is 22.5 Å². The summed E-state index contributed by atoms with van der Waals surface area (Å²) in [4.78, 5) is 14.7. The lowest BCUT2D eigenvalue weighted by atomic mass is 10.2. The molecule has 21 heavy (non-hydrogen) atoms. The van der Waals surface area contributed by atoms with Crippen molar-refractivity contribution in [1.29, 1.82) is 0 Å². The fraction of sp³-hybridized carbons (Fsp3) is 0.500. The van der Waals surface area contributed by atoms with Gasteiger partial charge in [0.25, 0.3) is 0 Å². The Bertz CT molecular complexity index is 608.